The summed E-state index contributed by atoms with van der Waals surface area (Å²) in [5.41, 5.74) is 0.544. The van der Waals surface area contributed by atoms with Gasteiger partial charge >= 0.3 is 0 Å². The van der Waals surface area contributed by atoms with Gasteiger partial charge in [-0.25, -0.2) is 0 Å². The molecule has 96 valence electrons. The zero-order chi connectivity index (χ0) is 12.3. The van der Waals surface area contributed by atoms with Crippen LogP contribution in [0.4, 0.5) is 0 Å². The van der Waals surface area contributed by atoms with Gasteiger partial charge in [0.25, 0.3) is 0 Å². The van der Waals surface area contributed by atoms with Gasteiger partial charge in [-0.05, 0) is 43.2 Å². The van der Waals surface area contributed by atoms with E-state index in [4.69, 9.17) is 11.6 Å². The van der Waals surface area contributed by atoms with Crippen LogP contribution in [0.1, 0.15) is 50.8 Å². The molecule has 0 bridgehead atoms. The van der Waals surface area contributed by atoms with Gasteiger partial charge in [0.1, 0.15) is 0 Å². The molecule has 0 aromatic carbocycles. The Morgan fingerprint density at radius 2 is 2.18 bits per heavy atom. The molecule has 1 aliphatic carbocycles. The van der Waals surface area contributed by atoms with Gasteiger partial charge in [0.15, 0.2) is 0 Å². The van der Waals surface area contributed by atoms with E-state index in [0.717, 1.165) is 10.9 Å². The lowest BCUT2D eigenvalue weighted by molar-refractivity contribution is 0.309. The quantitative estimate of drug-likeness (QED) is 0.775. The van der Waals surface area contributed by atoms with Crippen molar-refractivity contribution in [3.63, 3.8) is 0 Å². The van der Waals surface area contributed by atoms with Crippen LogP contribution in [-0.4, -0.2) is 6.04 Å². The molecule has 0 amide bonds. The largest absolute Gasteiger partial charge is 0.309 e. The van der Waals surface area contributed by atoms with E-state index in [1.165, 1.54) is 37.0 Å². The fourth-order valence-electron chi connectivity index (χ4n) is 2.56. The standard InChI is InChI=1S/C14H22ClNS/c1-14(2)8-3-4-11(7-9-14)16-10-12-5-6-13(15)17-12/h5-6,11,16H,3-4,7-10H2,1-2H3. The van der Waals surface area contributed by atoms with Crippen LogP contribution in [0.15, 0.2) is 12.1 Å². The van der Waals surface area contributed by atoms with E-state index >= 15 is 0 Å². The number of thiophene rings is 1. The lowest BCUT2D eigenvalue weighted by Gasteiger charge is -2.22. The first-order valence-corrected chi connectivity index (χ1v) is 7.72. The van der Waals surface area contributed by atoms with E-state index in [2.05, 4.69) is 25.2 Å². The van der Waals surface area contributed by atoms with Crippen molar-refractivity contribution >= 4 is 22.9 Å². The number of nitrogens with one attached hydrogen (secondary N) is 1. The maximum atomic E-state index is 5.94. The average Bonchev–Trinajstić information content (AvgIpc) is 2.59. The van der Waals surface area contributed by atoms with Crippen molar-refractivity contribution in [1.82, 2.24) is 5.32 Å². The van der Waals surface area contributed by atoms with Gasteiger partial charge < -0.3 is 5.32 Å². The lowest BCUT2D eigenvalue weighted by atomic mass is 9.85. The highest BCUT2D eigenvalue weighted by Crippen LogP contribution is 2.33. The van der Waals surface area contributed by atoms with Crippen LogP contribution < -0.4 is 5.32 Å². The number of hydrogen-bond donors (Lipinski definition) is 1. The summed E-state index contributed by atoms with van der Waals surface area (Å²) >= 11 is 7.62. The minimum absolute atomic E-state index is 0.544. The molecule has 1 fully saturated rings. The minimum Gasteiger partial charge on any atom is -0.309 e. The van der Waals surface area contributed by atoms with Crippen LogP contribution in [0, 0.1) is 5.41 Å². The van der Waals surface area contributed by atoms with E-state index in [1.807, 2.05) is 6.07 Å². The van der Waals surface area contributed by atoms with Crippen molar-refractivity contribution in [3.05, 3.63) is 21.3 Å². The van der Waals surface area contributed by atoms with Crippen LogP contribution in [0.25, 0.3) is 0 Å². The zero-order valence-electron chi connectivity index (χ0n) is 10.8. The van der Waals surface area contributed by atoms with Gasteiger partial charge in [-0.2, -0.15) is 0 Å². The Kier molecular flexibility index (Phi) is 4.51. The van der Waals surface area contributed by atoms with Gasteiger partial charge in [0.05, 0.1) is 4.34 Å². The third-order valence-corrected chi connectivity index (χ3v) is 5.00. The van der Waals surface area contributed by atoms with Crippen LogP contribution in [0.3, 0.4) is 0 Å². The first kappa shape index (κ1) is 13.4. The van der Waals surface area contributed by atoms with E-state index in [1.54, 1.807) is 11.3 Å². The Balaban J connectivity index is 1.79. The predicted octanol–water partition coefficient (Wildman–Crippen LogP) is 4.85. The van der Waals surface area contributed by atoms with Crippen molar-refractivity contribution in [2.75, 3.05) is 0 Å². The molecule has 1 aliphatic rings. The molecule has 0 saturated heterocycles. The van der Waals surface area contributed by atoms with Gasteiger partial charge in [-0.3, -0.25) is 0 Å². The summed E-state index contributed by atoms with van der Waals surface area (Å²) in [6, 6.07) is 4.80. The molecule has 0 aliphatic heterocycles. The van der Waals surface area contributed by atoms with E-state index in [9.17, 15) is 0 Å². The first-order valence-electron chi connectivity index (χ1n) is 6.53. The number of halogens is 1. The molecule has 1 atom stereocenters. The summed E-state index contributed by atoms with van der Waals surface area (Å²) in [6.07, 6.45) is 6.70. The highest BCUT2D eigenvalue weighted by molar-refractivity contribution is 7.16. The Labute approximate surface area is 114 Å². The van der Waals surface area contributed by atoms with Gasteiger partial charge in [-0.15, -0.1) is 11.3 Å². The van der Waals surface area contributed by atoms with Crippen molar-refractivity contribution in [3.8, 4) is 0 Å². The van der Waals surface area contributed by atoms with E-state index in [0.29, 0.717) is 11.5 Å². The summed E-state index contributed by atoms with van der Waals surface area (Å²) in [5, 5.41) is 3.68. The van der Waals surface area contributed by atoms with Crippen LogP contribution >= 0.6 is 22.9 Å². The average molecular weight is 272 g/mol. The molecule has 1 saturated carbocycles. The molecule has 0 radical (unpaired) electrons. The van der Waals surface area contributed by atoms with Crippen LogP contribution in [0.2, 0.25) is 4.34 Å². The van der Waals surface area contributed by atoms with Crippen molar-refractivity contribution in [2.45, 2.75) is 58.5 Å². The summed E-state index contributed by atoms with van der Waals surface area (Å²) in [6.45, 7) is 5.77. The maximum Gasteiger partial charge on any atom is 0.0931 e. The second kappa shape index (κ2) is 5.73. The first-order chi connectivity index (χ1) is 8.05. The van der Waals surface area contributed by atoms with Crippen LogP contribution in [-0.2, 0) is 6.54 Å². The summed E-state index contributed by atoms with van der Waals surface area (Å²) in [7, 11) is 0. The normalized spacial score (nSPS) is 24.5. The molecule has 1 unspecified atom stereocenters. The molecule has 1 aromatic rings. The molecular formula is C14H22ClNS. The highest BCUT2D eigenvalue weighted by atomic mass is 35.5. The van der Waals surface area contributed by atoms with Crippen molar-refractivity contribution in [1.29, 1.82) is 0 Å². The zero-order valence-corrected chi connectivity index (χ0v) is 12.3. The monoisotopic (exact) mass is 271 g/mol. The molecule has 1 N–H and O–H groups in total. The Bertz CT molecular complexity index is 359. The summed E-state index contributed by atoms with van der Waals surface area (Å²) in [5.74, 6) is 0. The van der Waals surface area contributed by atoms with Gasteiger partial charge in [-0.1, -0.05) is 31.9 Å². The third-order valence-electron chi connectivity index (χ3n) is 3.77. The highest BCUT2D eigenvalue weighted by Gasteiger charge is 2.23. The molecule has 1 aromatic heterocycles. The number of rotatable bonds is 3. The summed E-state index contributed by atoms with van der Waals surface area (Å²) in [4.78, 5) is 1.35. The minimum atomic E-state index is 0.544. The molecular weight excluding hydrogens is 250 g/mol. The van der Waals surface area contributed by atoms with E-state index < -0.39 is 0 Å². The molecule has 2 rings (SSSR count). The van der Waals surface area contributed by atoms with Crippen molar-refractivity contribution in [2.24, 2.45) is 5.41 Å². The Hall–Kier alpha value is -0.0500. The SMILES string of the molecule is CC1(C)CCCC(NCc2ccc(Cl)s2)CC1. The predicted molar refractivity (Wildman–Crippen MR) is 76.8 cm³/mol. The van der Waals surface area contributed by atoms with Crippen molar-refractivity contribution < 1.29 is 0 Å². The smallest absolute Gasteiger partial charge is 0.0931 e. The van der Waals surface area contributed by atoms with Gasteiger partial charge in [0.2, 0.25) is 0 Å². The number of hydrogen-bond acceptors (Lipinski definition) is 2. The maximum absolute atomic E-state index is 5.94. The Morgan fingerprint density at radius 3 is 2.88 bits per heavy atom. The fourth-order valence-corrected chi connectivity index (χ4v) is 3.60. The van der Waals surface area contributed by atoms with Gasteiger partial charge in [0, 0.05) is 17.5 Å². The third kappa shape index (κ3) is 4.27. The molecule has 17 heavy (non-hydrogen) atoms. The molecule has 0 spiro atoms. The molecule has 1 heterocycles. The second-order valence-corrected chi connectivity index (χ2v) is 7.68. The topological polar surface area (TPSA) is 12.0 Å². The van der Waals surface area contributed by atoms with Crippen LogP contribution in [0.5, 0.6) is 0 Å². The molecule has 1 nitrogen and oxygen atoms in total. The Morgan fingerprint density at radius 1 is 1.35 bits per heavy atom. The summed E-state index contributed by atoms with van der Waals surface area (Å²) < 4.78 is 0.892. The molecule has 3 heteroatoms. The fraction of sp³-hybridized carbons (Fsp3) is 0.714. The van der Waals surface area contributed by atoms with E-state index in [-0.39, 0.29) is 0 Å². The lowest BCUT2D eigenvalue weighted by Crippen LogP contribution is -2.27. The second-order valence-electron chi connectivity index (χ2n) is 5.88.